The van der Waals surface area contributed by atoms with Gasteiger partial charge in [-0.2, -0.15) is 0 Å². The van der Waals surface area contributed by atoms with Crippen LogP contribution in [-0.4, -0.2) is 12.6 Å². The topological polar surface area (TPSA) is 26.3 Å². The summed E-state index contributed by atoms with van der Waals surface area (Å²) < 4.78 is 5.28. The summed E-state index contributed by atoms with van der Waals surface area (Å²) in [7, 11) is 0. The molecule has 0 fully saturated rings. The molecule has 0 spiro atoms. The number of rotatable bonds is 9. The molecule has 3 heteroatoms. The van der Waals surface area contributed by atoms with Crippen LogP contribution in [0, 0.1) is 0 Å². The highest BCUT2D eigenvalue weighted by Crippen LogP contribution is 2.23. The molecule has 0 aliphatic heterocycles. The molecule has 19 heavy (non-hydrogen) atoms. The molecule has 0 saturated carbocycles. The number of esters is 1. The van der Waals surface area contributed by atoms with Crippen molar-refractivity contribution in [2.75, 3.05) is 6.61 Å². The number of halogens is 1. The van der Waals surface area contributed by atoms with E-state index in [-0.39, 0.29) is 10.8 Å². The van der Waals surface area contributed by atoms with Crippen LogP contribution in [0.15, 0.2) is 30.3 Å². The van der Waals surface area contributed by atoms with Gasteiger partial charge in [-0.25, -0.2) is 0 Å². The molecule has 0 unspecified atom stereocenters. The fourth-order valence-electron chi connectivity index (χ4n) is 1.89. The number of hydrogen-bond acceptors (Lipinski definition) is 2. The van der Waals surface area contributed by atoms with Gasteiger partial charge in [-0.05, 0) is 12.0 Å². The standard InChI is InChI=1S/C16H23BrO2/c1-2-3-4-5-6-10-13-19-16(18)15(17)14-11-8-7-9-12-14/h7-9,11-12,15H,2-6,10,13H2,1H3/t15-/m0/s1. The highest BCUT2D eigenvalue weighted by molar-refractivity contribution is 9.09. The zero-order valence-electron chi connectivity index (χ0n) is 11.6. The summed E-state index contributed by atoms with van der Waals surface area (Å²) in [5, 5.41) is 0. The van der Waals surface area contributed by atoms with Crippen molar-refractivity contribution in [3.8, 4) is 0 Å². The van der Waals surface area contributed by atoms with Gasteiger partial charge in [0.15, 0.2) is 0 Å². The molecule has 0 aromatic heterocycles. The van der Waals surface area contributed by atoms with Gasteiger partial charge in [0.25, 0.3) is 0 Å². The van der Waals surface area contributed by atoms with Crippen LogP contribution in [0.2, 0.25) is 0 Å². The van der Waals surface area contributed by atoms with Crippen molar-refractivity contribution >= 4 is 21.9 Å². The number of alkyl halides is 1. The normalized spacial score (nSPS) is 12.1. The van der Waals surface area contributed by atoms with Crippen LogP contribution in [0.4, 0.5) is 0 Å². The highest BCUT2D eigenvalue weighted by Gasteiger charge is 2.17. The first-order valence-electron chi connectivity index (χ1n) is 7.11. The van der Waals surface area contributed by atoms with E-state index in [1.54, 1.807) is 0 Å². The minimum absolute atomic E-state index is 0.195. The molecule has 1 aromatic carbocycles. The lowest BCUT2D eigenvalue weighted by Gasteiger charge is -2.10. The maximum atomic E-state index is 11.8. The number of benzene rings is 1. The molecule has 1 rings (SSSR count). The molecule has 0 amide bonds. The summed E-state index contributed by atoms with van der Waals surface area (Å²) in [5.74, 6) is -0.195. The fourth-order valence-corrected chi connectivity index (χ4v) is 2.32. The van der Waals surface area contributed by atoms with Crippen molar-refractivity contribution in [3.05, 3.63) is 35.9 Å². The lowest BCUT2D eigenvalue weighted by Crippen LogP contribution is -2.11. The van der Waals surface area contributed by atoms with Crippen molar-refractivity contribution in [3.63, 3.8) is 0 Å². The molecule has 0 heterocycles. The SMILES string of the molecule is CCCCCCCCOC(=O)[C@@H](Br)c1ccccc1. The molecular formula is C16H23BrO2. The molecule has 0 aliphatic rings. The van der Waals surface area contributed by atoms with E-state index in [4.69, 9.17) is 4.74 Å². The largest absolute Gasteiger partial charge is 0.465 e. The van der Waals surface area contributed by atoms with Gasteiger partial charge in [-0.15, -0.1) is 0 Å². The predicted octanol–water partition coefficient (Wildman–Crippen LogP) is 5.03. The third-order valence-electron chi connectivity index (χ3n) is 3.04. The van der Waals surface area contributed by atoms with Crippen LogP contribution in [0.1, 0.15) is 55.8 Å². The molecule has 0 bridgehead atoms. The first kappa shape index (κ1) is 16.2. The maximum absolute atomic E-state index is 11.8. The number of carbonyl (C=O) groups excluding carboxylic acids is 1. The first-order chi connectivity index (χ1) is 9.25. The second-order valence-corrected chi connectivity index (χ2v) is 5.62. The summed E-state index contributed by atoms with van der Waals surface area (Å²) in [5.41, 5.74) is 0.940. The van der Waals surface area contributed by atoms with Gasteiger partial charge in [0, 0.05) is 0 Å². The minimum Gasteiger partial charge on any atom is -0.465 e. The molecule has 0 saturated heterocycles. The van der Waals surface area contributed by atoms with Crippen molar-refractivity contribution in [1.82, 2.24) is 0 Å². The number of ether oxygens (including phenoxy) is 1. The van der Waals surface area contributed by atoms with Crippen LogP contribution in [-0.2, 0) is 9.53 Å². The van der Waals surface area contributed by atoms with Crippen molar-refractivity contribution < 1.29 is 9.53 Å². The van der Waals surface area contributed by atoms with Crippen LogP contribution >= 0.6 is 15.9 Å². The Hall–Kier alpha value is -0.830. The average Bonchev–Trinajstić information content (AvgIpc) is 2.46. The van der Waals surface area contributed by atoms with Crippen LogP contribution < -0.4 is 0 Å². The van der Waals surface area contributed by atoms with Crippen molar-refractivity contribution in [1.29, 1.82) is 0 Å². The Kier molecular flexibility index (Phi) is 8.55. The quantitative estimate of drug-likeness (QED) is 0.361. The summed E-state index contributed by atoms with van der Waals surface area (Å²) in [6.45, 7) is 2.74. The molecule has 0 aliphatic carbocycles. The van der Waals surface area contributed by atoms with E-state index in [0.717, 1.165) is 18.4 Å². The fraction of sp³-hybridized carbons (Fsp3) is 0.562. The van der Waals surface area contributed by atoms with Gasteiger partial charge in [-0.1, -0.05) is 85.3 Å². The Morgan fingerprint density at radius 3 is 2.42 bits per heavy atom. The van der Waals surface area contributed by atoms with E-state index < -0.39 is 0 Å². The molecular weight excluding hydrogens is 304 g/mol. The second kappa shape index (κ2) is 10.0. The summed E-state index contributed by atoms with van der Waals surface area (Å²) in [4.78, 5) is 11.5. The van der Waals surface area contributed by atoms with Gasteiger partial charge >= 0.3 is 5.97 Å². The van der Waals surface area contributed by atoms with Crippen molar-refractivity contribution in [2.24, 2.45) is 0 Å². The number of carbonyl (C=O) groups is 1. The summed E-state index contributed by atoms with van der Waals surface area (Å²) in [6, 6.07) is 9.62. The molecule has 106 valence electrons. The van der Waals surface area contributed by atoms with Gasteiger partial charge in [0.2, 0.25) is 0 Å². The van der Waals surface area contributed by atoms with Gasteiger partial charge < -0.3 is 4.74 Å². The van der Waals surface area contributed by atoms with E-state index in [1.165, 1.54) is 25.7 Å². The lowest BCUT2D eigenvalue weighted by molar-refractivity contribution is -0.143. The van der Waals surface area contributed by atoms with E-state index in [1.807, 2.05) is 30.3 Å². The molecule has 2 nitrogen and oxygen atoms in total. The number of unbranched alkanes of at least 4 members (excludes halogenated alkanes) is 5. The second-order valence-electron chi connectivity index (χ2n) is 4.71. The highest BCUT2D eigenvalue weighted by atomic mass is 79.9. The van der Waals surface area contributed by atoms with E-state index in [9.17, 15) is 4.79 Å². The molecule has 0 N–H and O–H groups in total. The Morgan fingerprint density at radius 1 is 1.11 bits per heavy atom. The van der Waals surface area contributed by atoms with Gasteiger partial charge in [0.05, 0.1) is 6.61 Å². The summed E-state index contributed by atoms with van der Waals surface area (Å²) >= 11 is 3.38. The van der Waals surface area contributed by atoms with Gasteiger partial charge in [0.1, 0.15) is 4.83 Å². The van der Waals surface area contributed by atoms with Crippen LogP contribution in [0.25, 0.3) is 0 Å². The van der Waals surface area contributed by atoms with Gasteiger partial charge in [-0.3, -0.25) is 4.79 Å². The third kappa shape index (κ3) is 6.76. The number of hydrogen-bond donors (Lipinski definition) is 0. The first-order valence-corrected chi connectivity index (χ1v) is 8.03. The molecule has 0 radical (unpaired) electrons. The smallest absolute Gasteiger partial charge is 0.324 e. The molecule has 1 aromatic rings. The Labute approximate surface area is 124 Å². The van der Waals surface area contributed by atoms with E-state index in [2.05, 4.69) is 22.9 Å². The Morgan fingerprint density at radius 2 is 1.74 bits per heavy atom. The monoisotopic (exact) mass is 326 g/mol. The lowest BCUT2D eigenvalue weighted by atomic mass is 10.1. The van der Waals surface area contributed by atoms with E-state index >= 15 is 0 Å². The maximum Gasteiger partial charge on any atom is 0.324 e. The van der Waals surface area contributed by atoms with Crippen LogP contribution in [0.3, 0.4) is 0 Å². The zero-order chi connectivity index (χ0) is 13.9. The minimum atomic E-state index is -0.353. The predicted molar refractivity (Wildman–Crippen MR) is 82.4 cm³/mol. The van der Waals surface area contributed by atoms with E-state index in [0.29, 0.717) is 6.61 Å². The summed E-state index contributed by atoms with van der Waals surface area (Å²) in [6.07, 6.45) is 7.20. The average molecular weight is 327 g/mol. The Balaban J connectivity index is 2.14. The third-order valence-corrected chi connectivity index (χ3v) is 3.94. The van der Waals surface area contributed by atoms with Crippen molar-refractivity contribution in [2.45, 2.75) is 50.3 Å². The molecule has 1 atom stereocenters. The van der Waals surface area contributed by atoms with Crippen LogP contribution in [0.5, 0.6) is 0 Å². The zero-order valence-corrected chi connectivity index (χ0v) is 13.2. The Bertz CT molecular complexity index is 351.